The summed E-state index contributed by atoms with van der Waals surface area (Å²) in [7, 11) is 3.48. The second-order valence-corrected chi connectivity index (χ2v) is 8.76. The molecule has 1 saturated carbocycles. The molecule has 0 radical (unpaired) electrons. The molecule has 1 aliphatic carbocycles. The number of aromatic carboxylic acids is 1. The molecular formula is C26H30N4O4. The summed E-state index contributed by atoms with van der Waals surface area (Å²) in [6.45, 7) is 0.719. The number of amides is 2. The maximum Gasteiger partial charge on any atom is 0.335 e. The van der Waals surface area contributed by atoms with Gasteiger partial charge in [0.15, 0.2) is 0 Å². The number of benzene rings is 2. The molecule has 0 bridgehead atoms. The normalized spacial score (nSPS) is 19.6. The largest absolute Gasteiger partial charge is 0.478 e. The highest BCUT2D eigenvalue weighted by Gasteiger charge is 2.36. The predicted molar refractivity (Wildman–Crippen MR) is 130 cm³/mol. The van der Waals surface area contributed by atoms with Crippen LogP contribution in [0.5, 0.6) is 0 Å². The summed E-state index contributed by atoms with van der Waals surface area (Å²) in [5.41, 5.74) is 2.87. The highest BCUT2D eigenvalue weighted by molar-refractivity contribution is 5.90. The molecule has 1 aromatic heterocycles. The van der Waals surface area contributed by atoms with Gasteiger partial charge in [0.2, 0.25) is 0 Å². The van der Waals surface area contributed by atoms with E-state index in [0.29, 0.717) is 17.4 Å². The quantitative estimate of drug-likeness (QED) is 0.457. The SMILES string of the molecule is COCC[C@@H]1C[C@@H](NC(=O)Nc2cc(-c3ccc(C(=O)O)cc3)nn2C)[C@H](c2ccccc2)C1. The van der Waals surface area contributed by atoms with Gasteiger partial charge < -0.3 is 15.2 Å². The molecule has 2 amide bonds. The van der Waals surface area contributed by atoms with Gasteiger partial charge >= 0.3 is 12.0 Å². The third-order valence-electron chi connectivity index (χ3n) is 6.48. The Balaban J connectivity index is 1.44. The van der Waals surface area contributed by atoms with Crippen molar-refractivity contribution in [2.75, 3.05) is 19.0 Å². The standard InChI is InChI=1S/C26H30N4O4/c1-30-24(16-22(29-30)19-8-10-20(11-9-19)25(31)32)28-26(33)27-23-15-17(12-13-34-2)14-21(23)18-6-4-3-5-7-18/h3-11,16-17,21,23H,12-15H2,1-2H3,(H,31,32)(H2,27,28,33)/t17-,21-,23+/m0/s1. The first-order valence-electron chi connectivity index (χ1n) is 11.4. The smallest absolute Gasteiger partial charge is 0.335 e. The number of anilines is 1. The van der Waals surface area contributed by atoms with Crippen LogP contribution in [-0.4, -0.2) is 46.6 Å². The van der Waals surface area contributed by atoms with Crippen molar-refractivity contribution < 1.29 is 19.4 Å². The Kier molecular flexibility index (Phi) is 7.27. The number of rotatable bonds is 8. The minimum Gasteiger partial charge on any atom is -0.478 e. The lowest BCUT2D eigenvalue weighted by molar-refractivity contribution is 0.0697. The Bertz CT molecular complexity index is 1130. The molecule has 8 nitrogen and oxygen atoms in total. The molecule has 1 heterocycles. The molecule has 3 N–H and O–H groups in total. The number of nitrogens with zero attached hydrogens (tertiary/aromatic N) is 2. The van der Waals surface area contributed by atoms with Crippen molar-refractivity contribution in [1.29, 1.82) is 0 Å². The molecular weight excluding hydrogens is 432 g/mol. The number of ether oxygens (including phenoxy) is 1. The fraction of sp³-hybridized carbons (Fsp3) is 0.346. The van der Waals surface area contributed by atoms with Gasteiger partial charge in [0.25, 0.3) is 0 Å². The molecule has 0 saturated heterocycles. The highest BCUT2D eigenvalue weighted by atomic mass is 16.5. The zero-order valence-electron chi connectivity index (χ0n) is 19.4. The van der Waals surface area contributed by atoms with Gasteiger partial charge in [-0.15, -0.1) is 0 Å². The molecule has 2 aromatic carbocycles. The van der Waals surface area contributed by atoms with Crippen LogP contribution in [0.3, 0.4) is 0 Å². The Hall–Kier alpha value is -3.65. The molecule has 1 fully saturated rings. The van der Waals surface area contributed by atoms with E-state index >= 15 is 0 Å². The van der Waals surface area contributed by atoms with Crippen molar-refractivity contribution in [2.45, 2.75) is 31.2 Å². The number of methoxy groups -OCH3 is 1. The number of carboxylic acid groups (broad SMARTS) is 1. The number of carbonyl (C=O) groups excluding carboxylic acids is 1. The van der Waals surface area contributed by atoms with E-state index in [2.05, 4.69) is 27.9 Å². The Morgan fingerprint density at radius 2 is 1.85 bits per heavy atom. The minimum absolute atomic E-state index is 0.0283. The van der Waals surface area contributed by atoms with Crippen molar-refractivity contribution in [2.24, 2.45) is 13.0 Å². The Labute approximate surface area is 198 Å². The number of hydrogen-bond acceptors (Lipinski definition) is 4. The summed E-state index contributed by atoms with van der Waals surface area (Å²) in [6.07, 6.45) is 2.90. The van der Waals surface area contributed by atoms with Gasteiger partial charge in [-0.1, -0.05) is 42.5 Å². The summed E-state index contributed by atoms with van der Waals surface area (Å²) in [5.74, 6) is 0.327. The first-order valence-corrected chi connectivity index (χ1v) is 11.4. The van der Waals surface area contributed by atoms with E-state index in [1.165, 1.54) is 17.7 Å². The summed E-state index contributed by atoms with van der Waals surface area (Å²) in [4.78, 5) is 24.0. The summed E-state index contributed by atoms with van der Waals surface area (Å²) < 4.78 is 6.87. The second-order valence-electron chi connectivity index (χ2n) is 8.76. The molecule has 3 aromatic rings. The van der Waals surface area contributed by atoms with Gasteiger partial charge in [-0.05, 0) is 42.9 Å². The maximum absolute atomic E-state index is 12.9. The fourth-order valence-corrected chi connectivity index (χ4v) is 4.72. The Morgan fingerprint density at radius 1 is 1.12 bits per heavy atom. The van der Waals surface area contributed by atoms with Crippen molar-refractivity contribution in [3.63, 3.8) is 0 Å². The topological polar surface area (TPSA) is 105 Å². The predicted octanol–water partition coefficient (Wildman–Crippen LogP) is 4.51. The number of carbonyl (C=O) groups is 2. The lowest BCUT2D eigenvalue weighted by Crippen LogP contribution is -2.39. The van der Waals surface area contributed by atoms with Crippen LogP contribution < -0.4 is 10.6 Å². The summed E-state index contributed by atoms with van der Waals surface area (Å²) in [5, 5.41) is 19.6. The molecule has 0 spiro atoms. The van der Waals surface area contributed by atoms with Crippen molar-refractivity contribution >= 4 is 17.8 Å². The number of carboxylic acids is 1. The van der Waals surface area contributed by atoms with Crippen LogP contribution in [0.25, 0.3) is 11.3 Å². The second kappa shape index (κ2) is 10.5. The molecule has 34 heavy (non-hydrogen) atoms. The Morgan fingerprint density at radius 3 is 2.53 bits per heavy atom. The van der Waals surface area contributed by atoms with E-state index in [0.717, 1.165) is 31.4 Å². The monoisotopic (exact) mass is 462 g/mol. The average molecular weight is 463 g/mol. The number of aryl methyl sites for hydroxylation is 1. The van der Waals surface area contributed by atoms with Crippen molar-refractivity contribution in [3.05, 3.63) is 71.8 Å². The van der Waals surface area contributed by atoms with Gasteiger partial charge in [0.1, 0.15) is 5.82 Å². The maximum atomic E-state index is 12.9. The van der Waals surface area contributed by atoms with Crippen LogP contribution >= 0.6 is 0 Å². The molecule has 0 aliphatic heterocycles. The van der Waals surface area contributed by atoms with Gasteiger partial charge in [-0.3, -0.25) is 10.00 Å². The van der Waals surface area contributed by atoms with E-state index in [1.807, 2.05) is 18.2 Å². The highest BCUT2D eigenvalue weighted by Crippen LogP contribution is 2.40. The first kappa shape index (κ1) is 23.5. The zero-order chi connectivity index (χ0) is 24.1. The molecule has 0 unspecified atom stereocenters. The van der Waals surface area contributed by atoms with Gasteiger partial charge in [0.05, 0.1) is 11.3 Å². The number of hydrogen-bond donors (Lipinski definition) is 3. The van der Waals surface area contributed by atoms with Crippen LogP contribution in [0, 0.1) is 5.92 Å². The number of urea groups is 1. The van der Waals surface area contributed by atoms with Gasteiger partial charge in [-0.25, -0.2) is 9.59 Å². The van der Waals surface area contributed by atoms with E-state index in [4.69, 9.17) is 9.84 Å². The number of nitrogens with one attached hydrogen (secondary N) is 2. The van der Waals surface area contributed by atoms with E-state index in [9.17, 15) is 9.59 Å². The molecule has 8 heteroatoms. The van der Waals surface area contributed by atoms with E-state index < -0.39 is 5.97 Å². The van der Waals surface area contributed by atoms with Crippen LogP contribution in [0.2, 0.25) is 0 Å². The fourth-order valence-electron chi connectivity index (χ4n) is 4.72. The van der Waals surface area contributed by atoms with Crippen LogP contribution in [-0.2, 0) is 11.8 Å². The minimum atomic E-state index is -0.975. The number of aromatic nitrogens is 2. The van der Waals surface area contributed by atoms with Crippen molar-refractivity contribution in [3.8, 4) is 11.3 Å². The molecule has 4 rings (SSSR count). The van der Waals surface area contributed by atoms with Gasteiger partial charge in [0, 0.05) is 44.4 Å². The third-order valence-corrected chi connectivity index (χ3v) is 6.48. The molecule has 1 aliphatic rings. The van der Waals surface area contributed by atoms with E-state index in [1.54, 1.807) is 37.0 Å². The summed E-state index contributed by atoms with van der Waals surface area (Å²) >= 11 is 0. The lowest BCUT2D eigenvalue weighted by atomic mass is 9.93. The van der Waals surface area contributed by atoms with Crippen LogP contribution in [0.15, 0.2) is 60.7 Å². The van der Waals surface area contributed by atoms with Gasteiger partial charge in [-0.2, -0.15) is 5.10 Å². The lowest BCUT2D eigenvalue weighted by Gasteiger charge is -2.21. The van der Waals surface area contributed by atoms with Crippen LogP contribution in [0.4, 0.5) is 10.6 Å². The van der Waals surface area contributed by atoms with Crippen molar-refractivity contribution in [1.82, 2.24) is 15.1 Å². The first-order chi connectivity index (χ1) is 16.4. The zero-order valence-corrected chi connectivity index (χ0v) is 19.4. The summed E-state index contributed by atoms with van der Waals surface area (Å²) in [6, 6.07) is 18.4. The molecule has 178 valence electrons. The third kappa shape index (κ3) is 5.46. The molecule has 3 atom stereocenters. The average Bonchev–Trinajstić information content (AvgIpc) is 3.41. The van der Waals surface area contributed by atoms with Crippen LogP contribution in [0.1, 0.15) is 41.1 Å². The van der Waals surface area contributed by atoms with E-state index in [-0.39, 0.29) is 23.6 Å².